The first kappa shape index (κ1) is 19.8. The van der Waals surface area contributed by atoms with E-state index >= 15 is 0 Å². The molecule has 168 valence electrons. The Kier molecular flexibility index (Phi) is 3.20. The number of fused-ring (bicyclic) bond motifs is 10. The van der Waals surface area contributed by atoms with Crippen LogP contribution in [0.15, 0.2) is 30.6 Å². The summed E-state index contributed by atoms with van der Waals surface area (Å²) in [4.78, 5) is 10.2. The van der Waals surface area contributed by atoms with Crippen molar-refractivity contribution in [2.45, 2.75) is 89.9 Å². The molecular weight excluding hydrogens is 402 g/mol. The summed E-state index contributed by atoms with van der Waals surface area (Å²) in [5.74, 6) is 0. The molecule has 0 unspecified atom stereocenters. The summed E-state index contributed by atoms with van der Waals surface area (Å²) in [5, 5.41) is 5.54. The summed E-state index contributed by atoms with van der Waals surface area (Å²) < 4.78 is 2.47. The minimum atomic E-state index is 0.0963. The molecule has 4 aromatic heterocycles. The molecule has 2 aliphatic carbocycles. The highest BCUT2D eigenvalue weighted by atomic mass is 15.0. The van der Waals surface area contributed by atoms with Gasteiger partial charge >= 0.3 is 0 Å². The molecule has 5 aromatic rings. The Morgan fingerprint density at radius 1 is 0.636 bits per heavy atom. The van der Waals surface area contributed by atoms with Gasteiger partial charge in [0.1, 0.15) is 0 Å². The zero-order chi connectivity index (χ0) is 23.3. The molecule has 0 saturated heterocycles. The lowest BCUT2D eigenvalue weighted by Gasteiger charge is -2.22. The third kappa shape index (κ3) is 2.13. The number of para-hydroxylation sites is 1. The van der Waals surface area contributed by atoms with Crippen LogP contribution in [0.4, 0.5) is 0 Å². The monoisotopic (exact) mass is 435 g/mol. The SMILES string of the molecule is CC1(C)CC(C)(C)c2c1ncc1c2c2cccc3c4c5c(ncc4n1c23)C(C)(C)CC5(C)C. The Morgan fingerprint density at radius 2 is 1.06 bits per heavy atom. The van der Waals surface area contributed by atoms with Gasteiger partial charge in [-0.15, -0.1) is 0 Å². The third-order valence-electron chi connectivity index (χ3n) is 8.80. The fourth-order valence-electron chi connectivity index (χ4n) is 8.34. The van der Waals surface area contributed by atoms with Gasteiger partial charge in [0.25, 0.3) is 0 Å². The molecule has 0 atom stereocenters. The fourth-order valence-corrected chi connectivity index (χ4v) is 8.34. The van der Waals surface area contributed by atoms with Gasteiger partial charge in [-0.05, 0) is 34.8 Å². The van der Waals surface area contributed by atoms with Crippen molar-refractivity contribution in [1.29, 1.82) is 0 Å². The Labute approximate surface area is 195 Å². The molecule has 0 fully saturated rings. The van der Waals surface area contributed by atoms with E-state index in [1.54, 1.807) is 0 Å². The van der Waals surface area contributed by atoms with Crippen molar-refractivity contribution >= 4 is 38.1 Å². The molecule has 0 radical (unpaired) electrons. The normalized spacial score (nSPS) is 22.1. The Balaban J connectivity index is 1.74. The van der Waals surface area contributed by atoms with Crippen LogP contribution in [-0.2, 0) is 21.7 Å². The Bertz CT molecular complexity index is 1540. The minimum absolute atomic E-state index is 0.0963. The number of rotatable bonds is 0. The maximum absolute atomic E-state index is 5.12. The summed E-state index contributed by atoms with van der Waals surface area (Å²) in [7, 11) is 0. The van der Waals surface area contributed by atoms with Crippen molar-refractivity contribution in [3.05, 3.63) is 53.1 Å². The van der Waals surface area contributed by atoms with Crippen LogP contribution < -0.4 is 0 Å². The standard InChI is InChI=1S/C30H33N3/c1-27(2)14-29(5,6)25-22(27)20-16-10-9-11-17-21-19(33(24(16)17)18(20)12-31-25)13-32-26-23(21)28(3,4)15-30(26,7)8/h9-13H,14-15H2,1-8H3. The maximum atomic E-state index is 5.12. The summed E-state index contributed by atoms with van der Waals surface area (Å²) in [6.45, 7) is 19.0. The topological polar surface area (TPSA) is 30.2 Å². The molecule has 0 aliphatic heterocycles. The molecule has 4 heterocycles. The van der Waals surface area contributed by atoms with E-state index in [0.29, 0.717) is 0 Å². The predicted molar refractivity (Wildman–Crippen MR) is 138 cm³/mol. The second kappa shape index (κ2) is 5.35. The molecule has 0 spiro atoms. The molecule has 0 saturated carbocycles. The van der Waals surface area contributed by atoms with Crippen LogP contribution >= 0.6 is 0 Å². The lowest BCUT2D eigenvalue weighted by atomic mass is 9.81. The quantitative estimate of drug-likeness (QED) is 0.251. The number of hydrogen-bond donors (Lipinski definition) is 0. The van der Waals surface area contributed by atoms with Gasteiger partial charge < -0.3 is 4.40 Å². The largest absolute Gasteiger partial charge is 0.305 e. The summed E-state index contributed by atoms with van der Waals surface area (Å²) >= 11 is 0. The molecule has 3 heteroatoms. The summed E-state index contributed by atoms with van der Waals surface area (Å²) in [6.07, 6.45) is 6.53. The first-order valence-electron chi connectivity index (χ1n) is 12.4. The van der Waals surface area contributed by atoms with E-state index in [2.05, 4.69) is 90.4 Å². The van der Waals surface area contributed by atoms with Crippen LogP contribution in [0.25, 0.3) is 38.1 Å². The smallest absolute Gasteiger partial charge is 0.0728 e. The van der Waals surface area contributed by atoms with Gasteiger partial charge in [-0.3, -0.25) is 9.97 Å². The first-order chi connectivity index (χ1) is 15.4. The van der Waals surface area contributed by atoms with Crippen LogP contribution in [0, 0.1) is 0 Å². The number of nitrogens with zero attached hydrogens (tertiary/aromatic N) is 3. The van der Waals surface area contributed by atoms with Crippen molar-refractivity contribution < 1.29 is 0 Å². The van der Waals surface area contributed by atoms with Gasteiger partial charge in [0, 0.05) is 32.4 Å². The van der Waals surface area contributed by atoms with Crippen LogP contribution in [0.2, 0.25) is 0 Å². The fraction of sp³-hybridized carbons (Fsp3) is 0.467. The number of pyridine rings is 2. The molecule has 1 aromatic carbocycles. The average Bonchev–Trinajstić information content (AvgIpc) is 3.33. The van der Waals surface area contributed by atoms with Gasteiger partial charge in [0.2, 0.25) is 0 Å². The molecule has 0 N–H and O–H groups in total. The van der Waals surface area contributed by atoms with E-state index in [0.717, 1.165) is 12.8 Å². The van der Waals surface area contributed by atoms with Crippen molar-refractivity contribution in [2.24, 2.45) is 0 Å². The highest BCUT2D eigenvalue weighted by Gasteiger charge is 2.47. The van der Waals surface area contributed by atoms with Crippen molar-refractivity contribution in [3.8, 4) is 0 Å². The van der Waals surface area contributed by atoms with Crippen molar-refractivity contribution in [3.63, 3.8) is 0 Å². The van der Waals surface area contributed by atoms with E-state index in [1.807, 2.05) is 0 Å². The number of aromatic nitrogens is 3. The van der Waals surface area contributed by atoms with E-state index in [-0.39, 0.29) is 21.7 Å². The predicted octanol–water partition coefficient (Wildman–Crippen LogP) is 7.54. The Hall–Kier alpha value is -2.68. The molecule has 3 nitrogen and oxygen atoms in total. The molecule has 0 bridgehead atoms. The molecule has 2 aliphatic rings. The van der Waals surface area contributed by atoms with Gasteiger partial charge in [-0.1, -0.05) is 73.6 Å². The van der Waals surface area contributed by atoms with Crippen LogP contribution in [0.5, 0.6) is 0 Å². The lowest BCUT2D eigenvalue weighted by molar-refractivity contribution is 0.400. The van der Waals surface area contributed by atoms with Gasteiger partial charge in [-0.25, -0.2) is 0 Å². The van der Waals surface area contributed by atoms with Crippen molar-refractivity contribution in [1.82, 2.24) is 14.4 Å². The molecular formula is C30H33N3. The zero-order valence-corrected chi connectivity index (χ0v) is 21.1. The molecule has 7 rings (SSSR count). The molecule has 33 heavy (non-hydrogen) atoms. The highest BCUT2D eigenvalue weighted by Crippen LogP contribution is 2.55. The van der Waals surface area contributed by atoms with Crippen LogP contribution in [0.3, 0.4) is 0 Å². The average molecular weight is 436 g/mol. The maximum Gasteiger partial charge on any atom is 0.0728 e. The van der Waals surface area contributed by atoms with E-state index in [9.17, 15) is 0 Å². The van der Waals surface area contributed by atoms with Crippen molar-refractivity contribution in [2.75, 3.05) is 0 Å². The van der Waals surface area contributed by atoms with E-state index in [4.69, 9.17) is 9.97 Å². The van der Waals surface area contributed by atoms with Crippen LogP contribution in [0.1, 0.15) is 90.7 Å². The second-order valence-corrected chi connectivity index (χ2v) is 13.4. The van der Waals surface area contributed by atoms with Crippen LogP contribution in [-0.4, -0.2) is 14.4 Å². The van der Waals surface area contributed by atoms with E-state index in [1.165, 1.54) is 60.6 Å². The van der Waals surface area contributed by atoms with Gasteiger partial charge in [0.15, 0.2) is 0 Å². The first-order valence-corrected chi connectivity index (χ1v) is 12.4. The second-order valence-electron chi connectivity index (χ2n) is 13.4. The number of benzene rings is 1. The lowest BCUT2D eigenvalue weighted by Crippen LogP contribution is -2.18. The van der Waals surface area contributed by atoms with Gasteiger partial charge in [-0.2, -0.15) is 0 Å². The van der Waals surface area contributed by atoms with E-state index < -0.39 is 0 Å². The molecule has 0 amide bonds. The number of hydrogen-bond acceptors (Lipinski definition) is 2. The zero-order valence-electron chi connectivity index (χ0n) is 21.1. The summed E-state index contributed by atoms with van der Waals surface area (Å²) in [6, 6.07) is 6.91. The Morgan fingerprint density at radius 3 is 1.48 bits per heavy atom. The van der Waals surface area contributed by atoms with Gasteiger partial charge in [0.05, 0.1) is 40.3 Å². The highest BCUT2D eigenvalue weighted by molar-refractivity contribution is 6.24. The summed E-state index contributed by atoms with van der Waals surface area (Å²) in [5.41, 5.74) is 9.66. The third-order valence-corrected chi connectivity index (χ3v) is 8.80. The minimum Gasteiger partial charge on any atom is -0.305 e.